The zero-order valence-corrected chi connectivity index (χ0v) is 12.2. The van der Waals surface area contributed by atoms with Gasteiger partial charge in [-0.05, 0) is 6.26 Å². The highest BCUT2D eigenvalue weighted by Gasteiger charge is 2.27. The van der Waals surface area contributed by atoms with Gasteiger partial charge in [-0.1, -0.05) is 6.92 Å². The van der Waals surface area contributed by atoms with Gasteiger partial charge in [0.15, 0.2) is 9.84 Å². The van der Waals surface area contributed by atoms with Gasteiger partial charge in [0.2, 0.25) is 0 Å². The summed E-state index contributed by atoms with van der Waals surface area (Å²) in [4.78, 5) is 11.9. The molecule has 1 aromatic heterocycles. The first-order chi connectivity index (χ1) is 7.88. The maximum atomic E-state index is 11.9. The predicted molar refractivity (Wildman–Crippen MR) is 71.6 cm³/mol. The fourth-order valence-corrected chi connectivity index (χ4v) is 5.12. The van der Waals surface area contributed by atoms with Gasteiger partial charge in [0.1, 0.15) is 9.77 Å². The standard InChI is InChI=1S/C9H14N2O3S3/c1-4-17(13,14)7-5(10)6(8(12)11-2)16-9(7)15-3/h4,10H2,1-3H3,(H,11,12). The van der Waals surface area contributed by atoms with E-state index in [1.165, 1.54) is 18.8 Å². The highest BCUT2D eigenvalue weighted by atomic mass is 32.2. The minimum Gasteiger partial charge on any atom is -0.396 e. The molecule has 0 saturated carbocycles. The van der Waals surface area contributed by atoms with Crippen LogP contribution in [0.3, 0.4) is 0 Å². The summed E-state index contributed by atoms with van der Waals surface area (Å²) in [6.07, 6.45) is 1.76. The number of sulfone groups is 1. The fourth-order valence-electron chi connectivity index (χ4n) is 1.26. The highest BCUT2D eigenvalue weighted by molar-refractivity contribution is 8.01. The van der Waals surface area contributed by atoms with Crippen molar-refractivity contribution in [3.8, 4) is 0 Å². The van der Waals surface area contributed by atoms with Crippen molar-refractivity contribution in [2.75, 3.05) is 24.8 Å². The van der Waals surface area contributed by atoms with E-state index in [4.69, 9.17) is 5.73 Å². The average molecular weight is 294 g/mol. The molecule has 1 aromatic rings. The lowest BCUT2D eigenvalue weighted by Gasteiger charge is -2.03. The van der Waals surface area contributed by atoms with Gasteiger partial charge in [0.25, 0.3) is 5.91 Å². The Balaban J connectivity index is 3.51. The van der Waals surface area contributed by atoms with E-state index in [1.54, 1.807) is 13.2 Å². The number of hydrogen-bond acceptors (Lipinski definition) is 6. The molecule has 0 spiro atoms. The first-order valence-electron chi connectivity index (χ1n) is 4.80. The molecule has 0 aliphatic carbocycles. The second kappa shape index (κ2) is 5.28. The van der Waals surface area contributed by atoms with E-state index >= 15 is 0 Å². The van der Waals surface area contributed by atoms with Crippen LogP contribution in [0.15, 0.2) is 9.10 Å². The van der Waals surface area contributed by atoms with Crippen molar-refractivity contribution >= 4 is 44.5 Å². The van der Waals surface area contributed by atoms with E-state index in [0.29, 0.717) is 4.21 Å². The molecular weight excluding hydrogens is 280 g/mol. The van der Waals surface area contributed by atoms with Crippen LogP contribution in [0.1, 0.15) is 16.6 Å². The molecule has 17 heavy (non-hydrogen) atoms. The average Bonchev–Trinajstić information content (AvgIpc) is 2.65. The third-order valence-electron chi connectivity index (χ3n) is 2.18. The summed E-state index contributed by atoms with van der Waals surface area (Å²) in [5.74, 6) is -0.394. The van der Waals surface area contributed by atoms with E-state index in [-0.39, 0.29) is 27.1 Å². The Bertz CT molecular complexity index is 534. The summed E-state index contributed by atoms with van der Waals surface area (Å²) in [7, 11) is -1.93. The topological polar surface area (TPSA) is 89.3 Å². The molecule has 96 valence electrons. The monoisotopic (exact) mass is 294 g/mol. The van der Waals surface area contributed by atoms with Crippen LogP contribution in [0, 0.1) is 0 Å². The van der Waals surface area contributed by atoms with Crippen molar-refractivity contribution in [3.63, 3.8) is 0 Å². The first-order valence-corrected chi connectivity index (χ1v) is 8.49. The molecule has 0 bridgehead atoms. The van der Waals surface area contributed by atoms with Crippen molar-refractivity contribution in [3.05, 3.63) is 4.88 Å². The summed E-state index contributed by atoms with van der Waals surface area (Å²) in [5.41, 5.74) is 5.83. The van der Waals surface area contributed by atoms with E-state index < -0.39 is 9.84 Å². The van der Waals surface area contributed by atoms with Crippen molar-refractivity contribution in [2.24, 2.45) is 0 Å². The summed E-state index contributed by atoms with van der Waals surface area (Å²) < 4.78 is 24.4. The number of anilines is 1. The highest BCUT2D eigenvalue weighted by Crippen LogP contribution is 2.40. The lowest BCUT2D eigenvalue weighted by atomic mass is 10.4. The zero-order valence-electron chi connectivity index (χ0n) is 9.73. The second-order valence-electron chi connectivity index (χ2n) is 3.15. The molecule has 1 heterocycles. The van der Waals surface area contributed by atoms with E-state index in [0.717, 1.165) is 11.3 Å². The van der Waals surface area contributed by atoms with Crippen LogP contribution in [0.25, 0.3) is 0 Å². The number of rotatable bonds is 4. The van der Waals surface area contributed by atoms with Crippen molar-refractivity contribution in [2.45, 2.75) is 16.0 Å². The van der Waals surface area contributed by atoms with Crippen molar-refractivity contribution in [1.82, 2.24) is 5.32 Å². The normalized spacial score (nSPS) is 11.5. The largest absolute Gasteiger partial charge is 0.396 e. The van der Waals surface area contributed by atoms with Gasteiger partial charge in [-0.3, -0.25) is 4.79 Å². The first kappa shape index (κ1) is 14.3. The van der Waals surface area contributed by atoms with Crippen LogP contribution >= 0.6 is 23.1 Å². The Morgan fingerprint density at radius 2 is 2.12 bits per heavy atom. The molecule has 0 saturated heterocycles. The van der Waals surface area contributed by atoms with Crippen LogP contribution in [-0.2, 0) is 9.84 Å². The third kappa shape index (κ3) is 2.58. The molecular formula is C9H14N2O3S3. The van der Waals surface area contributed by atoms with Crippen molar-refractivity contribution < 1.29 is 13.2 Å². The van der Waals surface area contributed by atoms with E-state index in [2.05, 4.69) is 5.32 Å². The Kier molecular flexibility index (Phi) is 4.45. The summed E-state index contributed by atoms with van der Waals surface area (Å²) >= 11 is 2.39. The Labute approximate surface area is 109 Å². The molecule has 0 atom stereocenters. The molecule has 1 rings (SSSR count). The quantitative estimate of drug-likeness (QED) is 0.815. The van der Waals surface area contributed by atoms with Gasteiger partial charge in [-0.2, -0.15) is 0 Å². The summed E-state index contributed by atoms with van der Waals surface area (Å²) in [6, 6.07) is 0. The molecule has 8 heteroatoms. The molecule has 0 unspecified atom stereocenters. The second-order valence-corrected chi connectivity index (χ2v) is 7.46. The van der Waals surface area contributed by atoms with E-state index in [9.17, 15) is 13.2 Å². The SMILES string of the molecule is CCS(=O)(=O)c1c(SC)sc(C(=O)NC)c1N. The Morgan fingerprint density at radius 1 is 1.53 bits per heavy atom. The van der Waals surface area contributed by atoms with Gasteiger partial charge in [0.05, 0.1) is 15.6 Å². The van der Waals surface area contributed by atoms with Crippen LogP contribution in [0.5, 0.6) is 0 Å². The minimum absolute atomic E-state index is 0.0331. The molecule has 5 nitrogen and oxygen atoms in total. The lowest BCUT2D eigenvalue weighted by Crippen LogP contribution is -2.18. The Morgan fingerprint density at radius 3 is 2.53 bits per heavy atom. The number of hydrogen-bond donors (Lipinski definition) is 2. The molecule has 0 fully saturated rings. The van der Waals surface area contributed by atoms with Crippen LogP contribution in [0.4, 0.5) is 5.69 Å². The number of nitrogens with two attached hydrogens (primary N) is 1. The number of carbonyl (C=O) groups excluding carboxylic acids is 1. The molecule has 0 aliphatic rings. The predicted octanol–water partition coefficient (Wildman–Crippen LogP) is 1.21. The number of thiophene rings is 1. The Hall–Kier alpha value is -0.730. The van der Waals surface area contributed by atoms with Gasteiger partial charge in [-0.25, -0.2) is 8.42 Å². The van der Waals surface area contributed by atoms with Gasteiger partial charge < -0.3 is 11.1 Å². The smallest absolute Gasteiger partial charge is 0.263 e. The molecule has 0 aromatic carbocycles. The number of carbonyl (C=O) groups is 1. The third-order valence-corrected chi connectivity index (χ3v) is 6.57. The number of nitrogens with one attached hydrogen (secondary N) is 1. The zero-order chi connectivity index (χ0) is 13.2. The van der Waals surface area contributed by atoms with Gasteiger partial charge in [-0.15, -0.1) is 23.1 Å². The molecule has 1 amide bonds. The minimum atomic E-state index is -3.41. The molecule has 0 aliphatic heterocycles. The maximum absolute atomic E-state index is 11.9. The summed E-state index contributed by atoms with van der Waals surface area (Å²) in [5, 5.41) is 2.44. The fraction of sp³-hybridized carbons (Fsp3) is 0.444. The maximum Gasteiger partial charge on any atom is 0.263 e. The summed E-state index contributed by atoms with van der Waals surface area (Å²) in [6.45, 7) is 1.55. The molecule has 3 N–H and O–H groups in total. The van der Waals surface area contributed by atoms with Crippen LogP contribution < -0.4 is 11.1 Å². The number of amides is 1. The lowest BCUT2D eigenvalue weighted by molar-refractivity contribution is 0.0968. The van der Waals surface area contributed by atoms with Crippen LogP contribution in [-0.4, -0.2) is 33.4 Å². The van der Waals surface area contributed by atoms with Gasteiger partial charge >= 0.3 is 0 Å². The van der Waals surface area contributed by atoms with Crippen molar-refractivity contribution in [1.29, 1.82) is 0 Å². The molecule has 0 radical (unpaired) electrons. The van der Waals surface area contributed by atoms with Gasteiger partial charge in [0, 0.05) is 7.05 Å². The van der Waals surface area contributed by atoms with Crippen LogP contribution in [0.2, 0.25) is 0 Å². The number of nitrogen functional groups attached to an aromatic ring is 1. The van der Waals surface area contributed by atoms with E-state index in [1.807, 2.05) is 0 Å². The number of thioether (sulfide) groups is 1.